The van der Waals surface area contributed by atoms with Crippen LogP contribution in [0, 0.1) is 0 Å². The van der Waals surface area contributed by atoms with E-state index >= 15 is 0 Å². The van der Waals surface area contributed by atoms with E-state index in [1.807, 2.05) is 30.3 Å². The quantitative estimate of drug-likeness (QED) is 0.389. The van der Waals surface area contributed by atoms with Gasteiger partial charge in [0.25, 0.3) is 0 Å². The van der Waals surface area contributed by atoms with Crippen LogP contribution < -0.4 is 0 Å². The van der Waals surface area contributed by atoms with Crippen LogP contribution in [0.2, 0.25) is 0 Å². The molecule has 0 fully saturated rings. The summed E-state index contributed by atoms with van der Waals surface area (Å²) in [7, 11) is 0. The van der Waals surface area contributed by atoms with E-state index in [1.165, 1.54) is 0 Å². The van der Waals surface area contributed by atoms with Gasteiger partial charge in [0.2, 0.25) is 0 Å². The zero-order valence-electron chi connectivity index (χ0n) is 7.66. The highest BCUT2D eigenvalue weighted by Crippen LogP contribution is 2.07. The van der Waals surface area contributed by atoms with Crippen molar-refractivity contribution in [1.82, 2.24) is 0 Å². The molecule has 1 nitrogen and oxygen atoms in total. The van der Waals surface area contributed by atoms with Crippen LogP contribution in [0.3, 0.4) is 0 Å². The van der Waals surface area contributed by atoms with Gasteiger partial charge in [-0.15, -0.1) is 0 Å². The topological polar surface area (TPSA) is 17.1 Å². The third-order valence-electron chi connectivity index (χ3n) is 1.76. The predicted molar refractivity (Wildman–Crippen MR) is 54.7 cm³/mol. The molecule has 0 heterocycles. The van der Waals surface area contributed by atoms with Gasteiger partial charge in [-0.3, -0.25) is 4.79 Å². The molecule has 0 saturated heterocycles. The minimum Gasteiger partial charge on any atom is -0.289 e. The highest BCUT2D eigenvalue weighted by Gasteiger charge is 2.05. The van der Waals surface area contributed by atoms with Crippen LogP contribution in [0.25, 0.3) is 0 Å². The summed E-state index contributed by atoms with van der Waals surface area (Å²) in [6.07, 6.45) is 3.34. The molecule has 1 aromatic rings. The fourth-order valence-electron chi connectivity index (χ4n) is 1.07. The summed E-state index contributed by atoms with van der Waals surface area (Å²) in [6, 6.07) is 9.22. The number of benzene rings is 1. The van der Waals surface area contributed by atoms with Crippen LogP contribution in [-0.4, -0.2) is 5.78 Å². The Bertz CT molecular complexity index is 333. The highest BCUT2D eigenvalue weighted by molar-refractivity contribution is 6.08. The molecule has 1 heteroatoms. The first-order valence-corrected chi connectivity index (χ1v) is 4.15. The smallest absolute Gasteiger partial charge is 0.188 e. The maximum absolute atomic E-state index is 11.6. The molecule has 0 aromatic heterocycles. The maximum Gasteiger partial charge on any atom is 0.188 e. The largest absolute Gasteiger partial charge is 0.289 e. The van der Waals surface area contributed by atoms with E-state index in [2.05, 4.69) is 6.58 Å². The van der Waals surface area contributed by atoms with Crippen molar-refractivity contribution in [3.8, 4) is 0 Å². The van der Waals surface area contributed by atoms with Gasteiger partial charge in [0.05, 0.1) is 0 Å². The van der Waals surface area contributed by atoms with Gasteiger partial charge in [0, 0.05) is 5.56 Å². The van der Waals surface area contributed by atoms with Crippen LogP contribution in [0.15, 0.2) is 54.6 Å². The van der Waals surface area contributed by atoms with Crippen LogP contribution in [0.1, 0.15) is 17.3 Å². The van der Waals surface area contributed by atoms with Gasteiger partial charge in [-0.2, -0.15) is 0 Å². The zero-order chi connectivity index (χ0) is 9.68. The lowest BCUT2D eigenvalue weighted by Crippen LogP contribution is -1.99. The molecule has 0 N–H and O–H groups in total. The molecule has 0 aliphatic heterocycles. The Labute approximate surface area is 78.4 Å². The number of carbonyl (C=O) groups excluding carboxylic acids is 1. The first-order chi connectivity index (χ1) is 6.25. The molecule has 0 saturated carbocycles. The van der Waals surface area contributed by atoms with Crippen molar-refractivity contribution < 1.29 is 4.79 Å². The van der Waals surface area contributed by atoms with Gasteiger partial charge < -0.3 is 0 Å². The van der Waals surface area contributed by atoms with Crippen LogP contribution >= 0.6 is 0 Å². The van der Waals surface area contributed by atoms with Crippen LogP contribution in [0.4, 0.5) is 0 Å². The number of allylic oxidation sites excluding steroid dienone is 3. The Morgan fingerprint density at radius 3 is 2.46 bits per heavy atom. The second-order valence-corrected chi connectivity index (χ2v) is 2.78. The SMILES string of the molecule is C=CC=C(C)C(=O)c1ccccc1. The molecule has 0 atom stereocenters. The Balaban J connectivity index is 2.92. The monoisotopic (exact) mass is 172 g/mol. The summed E-state index contributed by atoms with van der Waals surface area (Å²) < 4.78 is 0. The summed E-state index contributed by atoms with van der Waals surface area (Å²) >= 11 is 0. The van der Waals surface area contributed by atoms with Crippen molar-refractivity contribution in [1.29, 1.82) is 0 Å². The van der Waals surface area contributed by atoms with E-state index in [-0.39, 0.29) is 5.78 Å². The molecule has 13 heavy (non-hydrogen) atoms. The van der Waals surface area contributed by atoms with E-state index in [0.717, 1.165) is 5.56 Å². The van der Waals surface area contributed by atoms with Gasteiger partial charge in [-0.25, -0.2) is 0 Å². The Hall–Kier alpha value is -1.63. The van der Waals surface area contributed by atoms with Crippen LogP contribution in [-0.2, 0) is 0 Å². The molecule has 1 rings (SSSR count). The van der Waals surface area contributed by atoms with E-state index in [4.69, 9.17) is 0 Å². The standard InChI is InChI=1S/C12H12O/c1-3-7-10(2)12(13)11-8-5-4-6-9-11/h3-9H,1H2,2H3. The number of ketones is 1. The highest BCUT2D eigenvalue weighted by atomic mass is 16.1. The normalized spacial score (nSPS) is 11.0. The van der Waals surface area contributed by atoms with Gasteiger partial charge in [-0.05, 0) is 12.5 Å². The average molecular weight is 172 g/mol. The number of hydrogen-bond donors (Lipinski definition) is 0. The maximum atomic E-state index is 11.6. The van der Waals surface area contributed by atoms with E-state index in [0.29, 0.717) is 5.57 Å². The van der Waals surface area contributed by atoms with Gasteiger partial charge >= 0.3 is 0 Å². The van der Waals surface area contributed by atoms with Gasteiger partial charge in [0.1, 0.15) is 0 Å². The summed E-state index contributed by atoms with van der Waals surface area (Å²) in [5.74, 6) is 0.0560. The van der Waals surface area contributed by atoms with Gasteiger partial charge in [0.15, 0.2) is 5.78 Å². The second kappa shape index (κ2) is 4.41. The predicted octanol–water partition coefficient (Wildman–Crippen LogP) is 3.00. The van der Waals surface area contributed by atoms with E-state index in [1.54, 1.807) is 19.1 Å². The number of rotatable bonds is 3. The minimum atomic E-state index is 0.0560. The van der Waals surface area contributed by atoms with Crippen LogP contribution in [0.5, 0.6) is 0 Å². The minimum absolute atomic E-state index is 0.0560. The summed E-state index contributed by atoms with van der Waals surface area (Å²) in [5, 5.41) is 0. The molecule has 0 amide bonds. The third kappa shape index (κ3) is 2.41. The van der Waals surface area contributed by atoms with Crippen molar-refractivity contribution in [3.63, 3.8) is 0 Å². The van der Waals surface area contributed by atoms with Gasteiger partial charge in [-0.1, -0.05) is 49.1 Å². The van der Waals surface area contributed by atoms with E-state index in [9.17, 15) is 4.79 Å². The molecule has 1 aromatic carbocycles. The molecular weight excluding hydrogens is 160 g/mol. The zero-order valence-corrected chi connectivity index (χ0v) is 7.66. The molecular formula is C12H12O. The van der Waals surface area contributed by atoms with E-state index < -0.39 is 0 Å². The summed E-state index contributed by atoms with van der Waals surface area (Å²) in [6.45, 7) is 5.34. The average Bonchev–Trinajstić information content (AvgIpc) is 2.18. The lowest BCUT2D eigenvalue weighted by Gasteiger charge is -1.98. The first-order valence-electron chi connectivity index (χ1n) is 4.15. The van der Waals surface area contributed by atoms with Crippen molar-refractivity contribution in [2.24, 2.45) is 0 Å². The fourth-order valence-corrected chi connectivity index (χ4v) is 1.07. The number of carbonyl (C=O) groups is 1. The second-order valence-electron chi connectivity index (χ2n) is 2.78. The first kappa shape index (κ1) is 9.46. The number of Topliss-reactive ketones (excluding diaryl/α,β-unsaturated/α-hetero) is 1. The molecule has 0 aliphatic rings. The van der Waals surface area contributed by atoms with Crippen molar-refractivity contribution in [3.05, 3.63) is 60.2 Å². The Morgan fingerprint density at radius 2 is 1.92 bits per heavy atom. The van der Waals surface area contributed by atoms with Crippen molar-refractivity contribution >= 4 is 5.78 Å². The lowest BCUT2D eigenvalue weighted by atomic mass is 10.0. The lowest BCUT2D eigenvalue weighted by molar-refractivity contribution is 0.103. The molecule has 0 bridgehead atoms. The molecule has 0 unspecified atom stereocenters. The van der Waals surface area contributed by atoms with Crippen molar-refractivity contribution in [2.75, 3.05) is 0 Å². The fraction of sp³-hybridized carbons (Fsp3) is 0.0833. The Kier molecular flexibility index (Phi) is 3.21. The number of hydrogen-bond acceptors (Lipinski definition) is 1. The Morgan fingerprint density at radius 1 is 1.31 bits per heavy atom. The molecule has 0 spiro atoms. The third-order valence-corrected chi connectivity index (χ3v) is 1.76. The molecule has 0 aliphatic carbocycles. The molecule has 66 valence electrons. The van der Waals surface area contributed by atoms with Crippen molar-refractivity contribution in [2.45, 2.75) is 6.92 Å². The summed E-state index contributed by atoms with van der Waals surface area (Å²) in [4.78, 5) is 11.6. The molecule has 0 radical (unpaired) electrons. The summed E-state index contributed by atoms with van der Waals surface area (Å²) in [5.41, 5.74) is 1.43.